The van der Waals surface area contributed by atoms with Crippen molar-refractivity contribution < 1.29 is 57.5 Å². The molecule has 1 saturated heterocycles. The molecule has 0 radical (unpaired) electrons. The Hall–Kier alpha value is -6.52. The number of unbranched alkanes of at least 4 members (excludes halogenated alkanes) is 4. The molecule has 2 aromatic carbocycles. The summed E-state index contributed by atoms with van der Waals surface area (Å²) in [5.74, 6) is 2.85. The summed E-state index contributed by atoms with van der Waals surface area (Å²) in [5, 5.41) is 29.5. The fourth-order valence-electron chi connectivity index (χ4n) is 10.4. The van der Waals surface area contributed by atoms with Crippen LogP contribution in [-0.2, 0) is 70.3 Å². The first-order valence-corrected chi connectivity index (χ1v) is 39.7. The molecule has 1 aliphatic rings. The van der Waals surface area contributed by atoms with Gasteiger partial charge in [0.15, 0.2) is 0 Å². The lowest BCUT2D eigenvalue weighted by atomic mass is 9.99. The van der Waals surface area contributed by atoms with Gasteiger partial charge in [-0.1, -0.05) is 135 Å². The largest absolute Gasteiger partial charge is 0.379 e. The fourth-order valence-corrected chi connectivity index (χ4v) is 10.4. The molecule has 9 atom stereocenters. The molecule has 1 fully saturated rings. The van der Waals surface area contributed by atoms with Crippen LogP contribution >= 0.6 is 0 Å². The molecular formula is C87H158N12O12. The van der Waals surface area contributed by atoms with Gasteiger partial charge in [0.25, 0.3) is 0 Å². The molecule has 4 rings (SSSR count). The normalized spacial score (nSPS) is 13.8. The second-order valence-corrected chi connectivity index (χ2v) is 29.0. The lowest BCUT2D eigenvalue weighted by Crippen LogP contribution is -2.47. The predicted octanol–water partition coefficient (Wildman–Crippen LogP) is 9.79. The number of pyridine rings is 1. The van der Waals surface area contributed by atoms with Crippen LogP contribution in [0.5, 0.6) is 0 Å². The summed E-state index contributed by atoms with van der Waals surface area (Å²) in [4.78, 5) is 125. The number of morpholine rings is 1. The van der Waals surface area contributed by atoms with E-state index >= 15 is 0 Å². The van der Waals surface area contributed by atoms with Gasteiger partial charge in [-0.25, -0.2) is 0 Å². The average Bonchev–Trinajstić information content (AvgIpc) is 0.860. The van der Waals surface area contributed by atoms with E-state index in [4.69, 9.17) is 4.74 Å². The summed E-state index contributed by atoms with van der Waals surface area (Å²) in [6, 6.07) is 22.4. The highest BCUT2D eigenvalue weighted by Crippen LogP contribution is 2.20. The van der Waals surface area contributed by atoms with Crippen molar-refractivity contribution in [2.75, 3.05) is 103 Å². The van der Waals surface area contributed by atoms with Gasteiger partial charge >= 0.3 is 0 Å². The standard InChI is InChI=1S/C17H19NO.C10H14N2O.C9H18N2O2.2C9H19NO.C8H15NO2.2C7H15NO.C6H13NO.C5H11NO/c1-13(19)17(18-2)12-14-8-10-16(11-9-14)15-6-4-3-5-7-15;1-8(13)10(11-2)7-9-3-5-12-6-4-9;1-8(12)9(10-2)7-11-3-5-13-6-4-11;2*1-4-5-6-7-9(10-3)8(2)11;1-6(10)4-5-8(9-3)7(2)11;2*1-5(2)7(8-4)6(3)9;1-5(8)6(2,3)7-4;1-4(6-3)5(2)7/h3-11,17-18H,12H2,1-2H3;3-6,10-11H,7H2,1-2H3;9-10H,3-7H2,1-2H3;2*9-10H,4-7H2,1-3H3;8-9H,4-5H2,1-3H3;2*5,7-8H,1-4H3;7H,1-4H3;4,6H,1-3H3/t17-;10-;3*9-;8-;2*7-;;4-/m11111111.0/s1. The number of nitrogens with one attached hydrogen (secondary N) is 10. The smallest absolute Gasteiger partial charge is 0.149 e. The molecule has 0 bridgehead atoms. The molecular weight excluding hydrogens is 1410 g/mol. The van der Waals surface area contributed by atoms with E-state index in [0.29, 0.717) is 24.7 Å². The van der Waals surface area contributed by atoms with E-state index in [2.05, 4.69) is 113 Å². The SMILES string of the molecule is CCCCC[C@@H](NC)C(C)=O.CCCCC[C@@H](NC)C(C)=O.CNC(C)(C)C(C)=O.CN[C@@H](C(C)=O)C(C)C.CN[C@@H](C(C)=O)C(C)C.CN[C@@H](C)C(C)=O.CN[C@H](CCC(C)=O)C(C)=O.CN[C@H](CN1CCOCC1)C(C)=O.CN[C@H](Cc1ccc(-c2ccccc2)cc1)C(C)=O.CN[C@H](Cc1ccncc1)C(C)=O. The molecule has 1 aliphatic heterocycles. The van der Waals surface area contributed by atoms with Gasteiger partial charge in [-0.3, -0.25) is 57.8 Å². The van der Waals surface area contributed by atoms with Crippen LogP contribution in [-0.4, -0.2) is 237 Å². The van der Waals surface area contributed by atoms with Gasteiger partial charge in [-0.15, -0.1) is 0 Å². The third-order valence-corrected chi connectivity index (χ3v) is 18.6. The molecule has 2 heterocycles. The van der Waals surface area contributed by atoms with E-state index in [0.717, 1.165) is 76.9 Å². The Labute approximate surface area is 673 Å². The van der Waals surface area contributed by atoms with E-state index in [1.165, 1.54) is 56.2 Å². The lowest BCUT2D eigenvalue weighted by Gasteiger charge is -2.29. The van der Waals surface area contributed by atoms with Crippen LogP contribution in [0.2, 0.25) is 0 Å². The monoisotopic (exact) mass is 1560 g/mol. The van der Waals surface area contributed by atoms with Crippen molar-refractivity contribution in [2.45, 2.75) is 275 Å². The highest BCUT2D eigenvalue weighted by Gasteiger charge is 2.22. The topological polar surface area (TPSA) is 333 Å². The number of hydrogen-bond donors (Lipinski definition) is 10. The van der Waals surface area contributed by atoms with Crippen molar-refractivity contribution in [2.24, 2.45) is 11.8 Å². The van der Waals surface area contributed by atoms with Crippen LogP contribution < -0.4 is 53.2 Å². The molecule has 1 aromatic heterocycles. The maximum atomic E-state index is 11.4. The van der Waals surface area contributed by atoms with Gasteiger partial charge in [0.1, 0.15) is 63.6 Å². The van der Waals surface area contributed by atoms with Crippen molar-refractivity contribution in [3.8, 4) is 11.1 Å². The third kappa shape index (κ3) is 63.6. The Morgan fingerprint density at radius 3 is 0.991 bits per heavy atom. The minimum Gasteiger partial charge on any atom is -0.379 e. The van der Waals surface area contributed by atoms with Crippen molar-refractivity contribution in [1.29, 1.82) is 0 Å². The van der Waals surface area contributed by atoms with Gasteiger partial charge in [0.2, 0.25) is 0 Å². The van der Waals surface area contributed by atoms with E-state index in [1.807, 2.05) is 121 Å². The molecule has 10 N–H and O–H groups in total. The molecule has 0 saturated carbocycles. The third-order valence-electron chi connectivity index (χ3n) is 18.6. The van der Waals surface area contributed by atoms with Crippen molar-refractivity contribution in [3.63, 3.8) is 0 Å². The van der Waals surface area contributed by atoms with Gasteiger partial charge in [-0.05, 0) is 246 Å². The Morgan fingerprint density at radius 2 is 0.748 bits per heavy atom. The van der Waals surface area contributed by atoms with Crippen LogP contribution in [0.3, 0.4) is 0 Å². The zero-order valence-corrected chi connectivity index (χ0v) is 74.7. The van der Waals surface area contributed by atoms with Crippen LogP contribution in [0, 0.1) is 11.8 Å². The zero-order valence-electron chi connectivity index (χ0n) is 74.7. The van der Waals surface area contributed by atoms with Crippen LogP contribution in [0.15, 0.2) is 79.1 Å². The van der Waals surface area contributed by atoms with Crippen LogP contribution in [0.4, 0.5) is 0 Å². The van der Waals surface area contributed by atoms with E-state index in [9.17, 15) is 52.7 Å². The first kappa shape index (κ1) is 115. The van der Waals surface area contributed by atoms with Crippen molar-refractivity contribution in [1.82, 2.24) is 63.1 Å². The summed E-state index contributed by atoms with van der Waals surface area (Å²) in [7, 11) is 18.0. The van der Waals surface area contributed by atoms with Gasteiger partial charge in [-0.2, -0.15) is 0 Å². The van der Waals surface area contributed by atoms with Crippen LogP contribution in [0.1, 0.15) is 214 Å². The molecule has 0 aliphatic carbocycles. The minimum atomic E-state index is -0.347. The zero-order chi connectivity index (χ0) is 86.8. The summed E-state index contributed by atoms with van der Waals surface area (Å²) < 4.78 is 5.23. The quantitative estimate of drug-likeness (QED) is 0.0237. The number of carbonyl (C=O) groups excluding carboxylic acids is 11. The second kappa shape index (κ2) is 72.4. The van der Waals surface area contributed by atoms with E-state index in [1.54, 1.807) is 103 Å². The Kier molecular flexibility index (Phi) is 75.3. The molecule has 3 aromatic rings. The van der Waals surface area contributed by atoms with Crippen molar-refractivity contribution in [3.05, 3.63) is 90.3 Å². The number of carbonyl (C=O) groups is 11. The van der Waals surface area contributed by atoms with Gasteiger partial charge < -0.3 is 62.7 Å². The highest BCUT2D eigenvalue weighted by molar-refractivity contribution is 5.86. The summed E-state index contributed by atoms with van der Waals surface area (Å²) >= 11 is 0. The Bertz CT molecular complexity index is 2880. The molecule has 111 heavy (non-hydrogen) atoms. The first-order chi connectivity index (χ1) is 52.1. The summed E-state index contributed by atoms with van der Waals surface area (Å²) in [6.45, 7) is 39.8. The number of hydrogen-bond acceptors (Lipinski definition) is 24. The Balaban J connectivity index is -0.000000280. The predicted molar refractivity (Wildman–Crippen MR) is 460 cm³/mol. The highest BCUT2D eigenvalue weighted by atomic mass is 16.5. The molecule has 0 amide bonds. The molecule has 24 heteroatoms. The van der Waals surface area contributed by atoms with Gasteiger partial charge in [0, 0.05) is 38.4 Å². The fraction of sp³-hybridized carbons (Fsp3) is 0.678. The number of aromatic nitrogens is 1. The van der Waals surface area contributed by atoms with E-state index in [-0.39, 0.29) is 124 Å². The number of nitrogens with zero attached hydrogens (tertiary/aromatic N) is 2. The van der Waals surface area contributed by atoms with Crippen molar-refractivity contribution >= 4 is 63.6 Å². The van der Waals surface area contributed by atoms with Crippen LogP contribution in [0.25, 0.3) is 11.1 Å². The number of ketones is 11. The summed E-state index contributed by atoms with van der Waals surface area (Å²) in [5.41, 5.74) is 4.37. The number of likely N-dealkylation sites (N-methyl/N-ethyl adjacent to an activating group) is 10. The second-order valence-electron chi connectivity index (χ2n) is 29.0. The minimum absolute atomic E-state index is 0.0139. The molecule has 0 unspecified atom stereocenters. The van der Waals surface area contributed by atoms with Gasteiger partial charge in [0.05, 0.1) is 73.1 Å². The number of rotatable bonds is 40. The Morgan fingerprint density at radius 1 is 0.405 bits per heavy atom. The lowest BCUT2D eigenvalue weighted by molar-refractivity contribution is -0.122. The first-order valence-electron chi connectivity index (χ1n) is 39.7. The molecule has 24 nitrogen and oxygen atoms in total. The molecule has 638 valence electrons. The maximum Gasteiger partial charge on any atom is 0.149 e. The average molecular weight is 1560 g/mol. The maximum absolute atomic E-state index is 11.4. The number of benzene rings is 2. The van der Waals surface area contributed by atoms with E-state index < -0.39 is 0 Å². The summed E-state index contributed by atoms with van der Waals surface area (Å²) in [6.07, 6.45) is 15.2. The number of Topliss-reactive ketones (excluding diaryl/α,β-unsaturated/α-hetero) is 11. The number of ether oxygens (including phenoxy) is 1. The molecule has 0 spiro atoms.